The van der Waals surface area contributed by atoms with Gasteiger partial charge in [0.05, 0.1) is 0 Å². The zero-order valence-electron chi connectivity index (χ0n) is 10.8. The van der Waals surface area contributed by atoms with Crippen LogP contribution >= 0.6 is 0 Å². The molecule has 0 saturated heterocycles. The second-order valence-electron chi connectivity index (χ2n) is 5.17. The fourth-order valence-corrected chi connectivity index (χ4v) is 3.31. The van der Waals surface area contributed by atoms with Crippen LogP contribution in [-0.2, 0) is 4.79 Å². The molecule has 1 N–H and O–H groups in total. The number of amides is 1. The molecule has 0 aliphatic heterocycles. The number of nitrogens with one attached hydrogen (secondary N) is 1. The van der Waals surface area contributed by atoms with E-state index in [2.05, 4.69) is 31.1 Å². The van der Waals surface area contributed by atoms with Gasteiger partial charge < -0.3 is 5.32 Å². The van der Waals surface area contributed by atoms with Crippen LogP contribution in [0, 0.1) is 23.7 Å². The lowest BCUT2D eigenvalue weighted by molar-refractivity contribution is -0.117. The molecule has 0 heterocycles. The number of hydrogen-bond acceptors (Lipinski definition) is 1. The molecule has 2 aliphatic carbocycles. The molecular formula is C16H21NO. The number of allylic oxidation sites excluding steroid dienone is 3. The van der Waals surface area contributed by atoms with Crippen molar-refractivity contribution in [2.75, 3.05) is 6.54 Å². The van der Waals surface area contributed by atoms with Crippen LogP contribution in [0.4, 0.5) is 0 Å². The Balaban J connectivity index is 2.10. The lowest BCUT2D eigenvalue weighted by Gasteiger charge is -2.15. The zero-order chi connectivity index (χ0) is 13.1. The molecule has 0 radical (unpaired) electrons. The van der Waals surface area contributed by atoms with E-state index in [0.29, 0.717) is 30.2 Å². The van der Waals surface area contributed by atoms with Crippen LogP contribution in [0.3, 0.4) is 0 Å². The van der Waals surface area contributed by atoms with E-state index >= 15 is 0 Å². The fraction of sp³-hybridized carbons (Fsp3) is 0.438. The molecule has 2 nitrogen and oxygen atoms in total. The normalized spacial score (nSPS) is 33.4. The van der Waals surface area contributed by atoms with Gasteiger partial charge >= 0.3 is 0 Å². The molecule has 1 fully saturated rings. The minimum Gasteiger partial charge on any atom is -0.349 e. The van der Waals surface area contributed by atoms with E-state index in [4.69, 9.17) is 0 Å². The summed E-state index contributed by atoms with van der Waals surface area (Å²) in [7, 11) is 0. The number of carbonyl (C=O) groups excluding carboxylic acids is 1. The summed E-state index contributed by atoms with van der Waals surface area (Å²) in [5, 5.41) is 2.85. The molecule has 2 rings (SSSR count). The van der Waals surface area contributed by atoms with Gasteiger partial charge in [-0.1, -0.05) is 24.3 Å². The largest absolute Gasteiger partial charge is 0.349 e. The third-order valence-electron chi connectivity index (χ3n) is 4.24. The number of fused-ring (bicyclic) bond motifs is 1. The Labute approximate surface area is 109 Å². The third-order valence-corrected chi connectivity index (χ3v) is 4.24. The van der Waals surface area contributed by atoms with Gasteiger partial charge in [0.1, 0.15) is 0 Å². The Hall–Kier alpha value is -1.57. The van der Waals surface area contributed by atoms with Crippen molar-refractivity contribution in [1.29, 1.82) is 0 Å². The van der Waals surface area contributed by atoms with Crippen molar-refractivity contribution in [3.63, 3.8) is 0 Å². The predicted molar refractivity (Wildman–Crippen MR) is 74.9 cm³/mol. The SMILES string of the molecule is C=CCNC(=O)C1=CC2C(C=C)CC(C=C)C2C1. The van der Waals surface area contributed by atoms with Gasteiger partial charge in [-0.3, -0.25) is 4.79 Å². The van der Waals surface area contributed by atoms with E-state index in [1.165, 1.54) is 0 Å². The maximum Gasteiger partial charge on any atom is 0.247 e. The maximum atomic E-state index is 11.9. The Morgan fingerprint density at radius 2 is 2.06 bits per heavy atom. The van der Waals surface area contributed by atoms with Crippen LogP contribution < -0.4 is 5.32 Å². The number of hydrogen-bond donors (Lipinski definition) is 1. The number of rotatable bonds is 5. The van der Waals surface area contributed by atoms with E-state index in [0.717, 1.165) is 18.4 Å². The molecule has 18 heavy (non-hydrogen) atoms. The van der Waals surface area contributed by atoms with E-state index < -0.39 is 0 Å². The highest BCUT2D eigenvalue weighted by Gasteiger charge is 2.43. The molecule has 1 saturated carbocycles. The molecular weight excluding hydrogens is 222 g/mol. The molecule has 1 amide bonds. The zero-order valence-corrected chi connectivity index (χ0v) is 10.8. The first-order chi connectivity index (χ1) is 8.71. The van der Waals surface area contributed by atoms with Crippen LogP contribution in [0.25, 0.3) is 0 Å². The van der Waals surface area contributed by atoms with Crippen molar-refractivity contribution in [3.8, 4) is 0 Å². The summed E-state index contributed by atoms with van der Waals surface area (Å²) in [4.78, 5) is 11.9. The lowest BCUT2D eigenvalue weighted by Crippen LogP contribution is -2.24. The van der Waals surface area contributed by atoms with Crippen molar-refractivity contribution in [2.45, 2.75) is 12.8 Å². The highest BCUT2D eigenvalue weighted by Crippen LogP contribution is 2.50. The maximum absolute atomic E-state index is 11.9. The quantitative estimate of drug-likeness (QED) is 0.739. The summed E-state index contributed by atoms with van der Waals surface area (Å²) in [6, 6.07) is 0. The smallest absolute Gasteiger partial charge is 0.247 e. The van der Waals surface area contributed by atoms with Gasteiger partial charge in [-0.15, -0.1) is 19.7 Å². The van der Waals surface area contributed by atoms with Crippen LogP contribution in [-0.4, -0.2) is 12.5 Å². The Morgan fingerprint density at radius 1 is 1.33 bits per heavy atom. The molecule has 0 aromatic carbocycles. The van der Waals surface area contributed by atoms with Crippen molar-refractivity contribution in [3.05, 3.63) is 49.6 Å². The average molecular weight is 243 g/mol. The number of carbonyl (C=O) groups is 1. The van der Waals surface area contributed by atoms with Gasteiger partial charge in [0.15, 0.2) is 0 Å². The summed E-state index contributed by atoms with van der Waals surface area (Å²) in [5.41, 5.74) is 0.922. The van der Waals surface area contributed by atoms with Crippen molar-refractivity contribution < 1.29 is 4.79 Å². The minimum absolute atomic E-state index is 0.0509. The fourth-order valence-electron chi connectivity index (χ4n) is 3.31. The molecule has 0 bridgehead atoms. The van der Waals surface area contributed by atoms with E-state index in [1.807, 2.05) is 12.2 Å². The highest BCUT2D eigenvalue weighted by molar-refractivity contribution is 5.94. The second-order valence-corrected chi connectivity index (χ2v) is 5.17. The highest BCUT2D eigenvalue weighted by atomic mass is 16.1. The predicted octanol–water partition coefficient (Wildman–Crippen LogP) is 2.86. The minimum atomic E-state index is 0.0509. The van der Waals surface area contributed by atoms with Gasteiger partial charge in [0.2, 0.25) is 5.91 Å². The molecule has 2 heteroatoms. The van der Waals surface area contributed by atoms with Gasteiger partial charge in [-0.25, -0.2) is 0 Å². The van der Waals surface area contributed by atoms with Crippen LogP contribution in [0.1, 0.15) is 12.8 Å². The summed E-state index contributed by atoms with van der Waals surface area (Å²) in [6.45, 7) is 12.0. The Morgan fingerprint density at radius 3 is 2.67 bits per heavy atom. The summed E-state index contributed by atoms with van der Waals surface area (Å²) >= 11 is 0. The van der Waals surface area contributed by atoms with E-state index in [-0.39, 0.29) is 5.91 Å². The van der Waals surface area contributed by atoms with E-state index in [9.17, 15) is 4.79 Å². The van der Waals surface area contributed by atoms with Gasteiger partial charge in [0, 0.05) is 12.1 Å². The van der Waals surface area contributed by atoms with E-state index in [1.54, 1.807) is 6.08 Å². The van der Waals surface area contributed by atoms with Crippen molar-refractivity contribution >= 4 is 5.91 Å². The second kappa shape index (κ2) is 5.38. The monoisotopic (exact) mass is 243 g/mol. The van der Waals surface area contributed by atoms with Crippen molar-refractivity contribution in [2.24, 2.45) is 23.7 Å². The molecule has 96 valence electrons. The first-order valence-electron chi connectivity index (χ1n) is 6.56. The topological polar surface area (TPSA) is 29.1 Å². The average Bonchev–Trinajstić information content (AvgIpc) is 2.94. The van der Waals surface area contributed by atoms with Gasteiger partial charge in [-0.05, 0) is 36.5 Å². The molecule has 2 aliphatic rings. The summed E-state index contributed by atoms with van der Waals surface area (Å²) in [5.74, 6) is 2.06. The first kappa shape index (κ1) is 12.9. The van der Waals surface area contributed by atoms with Crippen LogP contribution in [0.5, 0.6) is 0 Å². The molecule has 4 unspecified atom stereocenters. The third kappa shape index (κ3) is 2.20. The van der Waals surface area contributed by atoms with Gasteiger partial charge in [0.25, 0.3) is 0 Å². The Kier molecular flexibility index (Phi) is 3.85. The van der Waals surface area contributed by atoms with Gasteiger partial charge in [-0.2, -0.15) is 0 Å². The first-order valence-corrected chi connectivity index (χ1v) is 6.56. The lowest BCUT2D eigenvalue weighted by atomic mass is 9.89. The van der Waals surface area contributed by atoms with Crippen molar-refractivity contribution in [1.82, 2.24) is 5.32 Å². The van der Waals surface area contributed by atoms with Crippen LogP contribution in [0.2, 0.25) is 0 Å². The standard InChI is InChI=1S/C16H21NO/c1-4-7-17-16(18)13-9-14-11(5-2)8-12(6-3)15(14)10-13/h4-6,9,11-12,14-15H,1-3,7-8,10H2,(H,17,18). The molecule has 4 atom stereocenters. The Bertz CT molecular complexity index is 407. The molecule has 0 spiro atoms. The van der Waals surface area contributed by atoms with Crippen LogP contribution in [0.15, 0.2) is 49.6 Å². The summed E-state index contributed by atoms with van der Waals surface area (Å²) < 4.78 is 0. The summed E-state index contributed by atoms with van der Waals surface area (Å²) in [6.07, 6.45) is 9.92. The molecule has 0 aromatic rings. The molecule has 0 aromatic heterocycles.